The summed E-state index contributed by atoms with van der Waals surface area (Å²) in [4.78, 5) is 12.9. The molecule has 1 N–H and O–H groups in total. The number of nitriles is 1. The Morgan fingerprint density at radius 2 is 2.31 bits per heavy atom. The number of nitrogens with one attached hydrogen (secondary N) is 1. The van der Waals surface area contributed by atoms with Crippen molar-refractivity contribution in [3.8, 4) is 6.07 Å². The monoisotopic (exact) mass is 219 g/mol. The molecule has 1 aliphatic heterocycles. The normalized spacial score (nSPS) is 15.5. The highest BCUT2D eigenvalue weighted by molar-refractivity contribution is 5.83. The van der Waals surface area contributed by atoms with Crippen LogP contribution in [0.1, 0.15) is 5.56 Å². The lowest BCUT2D eigenvalue weighted by Gasteiger charge is -2.29. The standard InChI is InChI=1S/C11H10FN3O/c12-9-2-1-3-10(8(9)6-13)15-5-4-14-11(16)7-15/h1-3H,4-5,7H2,(H,14,16). The molecule has 0 unspecified atom stereocenters. The molecule has 16 heavy (non-hydrogen) atoms. The molecule has 4 nitrogen and oxygen atoms in total. The van der Waals surface area contributed by atoms with Gasteiger partial charge in [0.25, 0.3) is 0 Å². The molecule has 1 heterocycles. The summed E-state index contributed by atoms with van der Waals surface area (Å²) in [5.74, 6) is -0.662. The molecule has 0 spiro atoms. The third-order valence-corrected chi connectivity index (χ3v) is 2.48. The van der Waals surface area contributed by atoms with Crippen LogP contribution in [-0.4, -0.2) is 25.5 Å². The van der Waals surface area contributed by atoms with Crippen LogP contribution in [0.5, 0.6) is 0 Å². The second kappa shape index (κ2) is 4.19. The number of carbonyl (C=O) groups excluding carboxylic acids is 1. The molecule has 0 aliphatic carbocycles. The first-order valence-corrected chi connectivity index (χ1v) is 4.92. The molecule has 2 rings (SSSR count). The van der Waals surface area contributed by atoms with Crippen molar-refractivity contribution in [2.24, 2.45) is 0 Å². The summed E-state index contributed by atoms with van der Waals surface area (Å²) in [5.41, 5.74) is 0.481. The predicted octanol–water partition coefficient (Wildman–Crippen LogP) is 0.634. The highest BCUT2D eigenvalue weighted by atomic mass is 19.1. The van der Waals surface area contributed by atoms with E-state index in [4.69, 9.17) is 5.26 Å². The first kappa shape index (κ1) is 10.4. The number of rotatable bonds is 1. The molecule has 1 aromatic rings. The Balaban J connectivity index is 2.36. The summed E-state index contributed by atoms with van der Waals surface area (Å²) in [6.45, 7) is 1.27. The lowest BCUT2D eigenvalue weighted by Crippen LogP contribution is -2.48. The van der Waals surface area contributed by atoms with Gasteiger partial charge in [-0.3, -0.25) is 4.79 Å². The first-order chi connectivity index (χ1) is 7.72. The fourth-order valence-corrected chi connectivity index (χ4v) is 1.73. The molecular weight excluding hydrogens is 209 g/mol. The molecule has 1 amide bonds. The van der Waals surface area contributed by atoms with Crippen molar-refractivity contribution in [3.63, 3.8) is 0 Å². The van der Waals surface area contributed by atoms with Gasteiger partial charge < -0.3 is 10.2 Å². The van der Waals surface area contributed by atoms with Crippen molar-refractivity contribution in [2.75, 3.05) is 24.5 Å². The van der Waals surface area contributed by atoms with Crippen LogP contribution in [0.25, 0.3) is 0 Å². The highest BCUT2D eigenvalue weighted by Gasteiger charge is 2.20. The van der Waals surface area contributed by atoms with Crippen LogP contribution in [0.15, 0.2) is 18.2 Å². The Morgan fingerprint density at radius 1 is 1.50 bits per heavy atom. The van der Waals surface area contributed by atoms with Crippen LogP contribution < -0.4 is 10.2 Å². The summed E-state index contributed by atoms with van der Waals surface area (Å²) in [6.07, 6.45) is 0. The third kappa shape index (κ3) is 1.82. The molecule has 0 bridgehead atoms. The number of nitrogens with zero attached hydrogens (tertiary/aromatic N) is 2. The van der Waals surface area contributed by atoms with Crippen molar-refractivity contribution < 1.29 is 9.18 Å². The van der Waals surface area contributed by atoms with E-state index < -0.39 is 5.82 Å². The van der Waals surface area contributed by atoms with Gasteiger partial charge in [-0.05, 0) is 12.1 Å². The van der Waals surface area contributed by atoms with Crippen molar-refractivity contribution in [1.82, 2.24) is 5.32 Å². The maximum Gasteiger partial charge on any atom is 0.239 e. The van der Waals surface area contributed by atoms with E-state index in [0.717, 1.165) is 0 Å². The average Bonchev–Trinajstić information content (AvgIpc) is 2.28. The zero-order valence-corrected chi connectivity index (χ0v) is 8.53. The van der Waals surface area contributed by atoms with Crippen LogP contribution in [0.2, 0.25) is 0 Å². The molecule has 0 atom stereocenters. The van der Waals surface area contributed by atoms with Crippen molar-refractivity contribution in [3.05, 3.63) is 29.6 Å². The van der Waals surface area contributed by atoms with Gasteiger partial charge in [0.05, 0.1) is 12.2 Å². The fourth-order valence-electron chi connectivity index (χ4n) is 1.73. The molecule has 1 fully saturated rings. The quantitative estimate of drug-likeness (QED) is 0.753. The number of carbonyl (C=O) groups is 1. The summed E-state index contributed by atoms with van der Waals surface area (Å²) in [6, 6.07) is 6.26. The summed E-state index contributed by atoms with van der Waals surface area (Å²) >= 11 is 0. The highest BCUT2D eigenvalue weighted by Crippen LogP contribution is 2.22. The minimum absolute atomic E-state index is 0.00259. The number of anilines is 1. The molecular formula is C11H10FN3O. The van der Waals surface area contributed by atoms with Gasteiger partial charge in [-0.25, -0.2) is 4.39 Å². The Bertz CT molecular complexity index is 467. The molecule has 1 saturated heterocycles. The zero-order valence-electron chi connectivity index (χ0n) is 8.53. The van der Waals surface area contributed by atoms with Gasteiger partial charge in [0.2, 0.25) is 5.91 Å². The van der Waals surface area contributed by atoms with Crippen LogP contribution in [0.3, 0.4) is 0 Å². The third-order valence-electron chi connectivity index (χ3n) is 2.48. The molecule has 5 heteroatoms. The van der Waals surface area contributed by atoms with E-state index in [1.807, 2.05) is 6.07 Å². The number of hydrogen-bond donors (Lipinski definition) is 1. The van der Waals surface area contributed by atoms with Gasteiger partial charge in [-0.1, -0.05) is 6.07 Å². The Labute approximate surface area is 92.3 Å². The molecule has 1 aromatic carbocycles. The van der Waals surface area contributed by atoms with Gasteiger partial charge in [-0.15, -0.1) is 0 Å². The van der Waals surface area contributed by atoms with E-state index in [1.165, 1.54) is 12.1 Å². The average molecular weight is 219 g/mol. The molecule has 82 valence electrons. The van der Waals surface area contributed by atoms with E-state index in [2.05, 4.69) is 5.32 Å². The van der Waals surface area contributed by atoms with Gasteiger partial charge in [0, 0.05) is 13.1 Å². The predicted molar refractivity (Wildman–Crippen MR) is 56.3 cm³/mol. The number of benzene rings is 1. The molecule has 1 aliphatic rings. The second-order valence-electron chi connectivity index (χ2n) is 3.52. The van der Waals surface area contributed by atoms with Gasteiger partial charge in [0.1, 0.15) is 17.4 Å². The molecule has 0 aromatic heterocycles. The first-order valence-electron chi connectivity index (χ1n) is 4.92. The minimum Gasteiger partial charge on any atom is -0.359 e. The topological polar surface area (TPSA) is 56.1 Å². The maximum atomic E-state index is 13.4. The van der Waals surface area contributed by atoms with Crippen LogP contribution in [0.4, 0.5) is 10.1 Å². The summed E-state index contributed by atoms with van der Waals surface area (Å²) < 4.78 is 13.4. The van der Waals surface area contributed by atoms with Crippen molar-refractivity contribution in [2.45, 2.75) is 0 Å². The van der Waals surface area contributed by atoms with E-state index in [9.17, 15) is 9.18 Å². The second-order valence-corrected chi connectivity index (χ2v) is 3.52. The van der Waals surface area contributed by atoms with E-state index in [1.54, 1.807) is 11.0 Å². The van der Waals surface area contributed by atoms with E-state index in [-0.39, 0.29) is 18.0 Å². The number of halogens is 1. The number of amides is 1. The van der Waals surface area contributed by atoms with Crippen molar-refractivity contribution in [1.29, 1.82) is 5.26 Å². The number of hydrogen-bond acceptors (Lipinski definition) is 3. The maximum absolute atomic E-state index is 13.4. The molecule has 0 radical (unpaired) electrons. The van der Waals surface area contributed by atoms with Crippen LogP contribution in [-0.2, 0) is 4.79 Å². The van der Waals surface area contributed by atoms with E-state index in [0.29, 0.717) is 18.8 Å². The Kier molecular flexibility index (Phi) is 2.73. The lowest BCUT2D eigenvalue weighted by atomic mass is 10.1. The van der Waals surface area contributed by atoms with Gasteiger partial charge in [-0.2, -0.15) is 5.26 Å². The summed E-state index contributed by atoms with van der Waals surface area (Å²) in [7, 11) is 0. The van der Waals surface area contributed by atoms with Crippen LogP contribution >= 0.6 is 0 Å². The van der Waals surface area contributed by atoms with Crippen LogP contribution in [0, 0.1) is 17.1 Å². The Hall–Kier alpha value is -2.09. The van der Waals surface area contributed by atoms with Crippen molar-refractivity contribution >= 4 is 11.6 Å². The smallest absolute Gasteiger partial charge is 0.239 e. The number of piperazine rings is 1. The van der Waals surface area contributed by atoms with E-state index >= 15 is 0 Å². The summed E-state index contributed by atoms with van der Waals surface area (Å²) in [5, 5.41) is 11.6. The van der Waals surface area contributed by atoms with Gasteiger partial charge in [0.15, 0.2) is 0 Å². The lowest BCUT2D eigenvalue weighted by molar-refractivity contribution is -0.120. The minimum atomic E-state index is -0.550. The largest absolute Gasteiger partial charge is 0.359 e. The molecule has 0 saturated carbocycles. The Morgan fingerprint density at radius 3 is 3.00 bits per heavy atom. The SMILES string of the molecule is N#Cc1c(F)cccc1N1CCNC(=O)C1. The fraction of sp³-hybridized carbons (Fsp3) is 0.273. The zero-order chi connectivity index (χ0) is 11.5. The van der Waals surface area contributed by atoms with Gasteiger partial charge >= 0.3 is 0 Å².